The van der Waals surface area contributed by atoms with E-state index in [1.54, 1.807) is 13.3 Å². The number of halogens is 1. The smallest absolute Gasteiger partial charge is 0.336 e. The topological polar surface area (TPSA) is 40.7 Å². The Balaban J connectivity index is 1.56. The average molecular weight is 420 g/mol. The number of methoxy groups -OCH3 is 1. The zero-order valence-electron chi connectivity index (χ0n) is 18.3. The first-order valence-corrected chi connectivity index (χ1v) is 11.3. The molecule has 2 aromatic rings. The van der Waals surface area contributed by atoms with E-state index in [4.69, 9.17) is 9.73 Å². The van der Waals surface area contributed by atoms with Gasteiger partial charge in [-0.25, -0.2) is 4.39 Å². The third-order valence-corrected chi connectivity index (χ3v) is 6.99. The lowest BCUT2D eigenvalue weighted by Crippen LogP contribution is -2.52. The Morgan fingerprint density at radius 2 is 2.13 bits per heavy atom. The lowest BCUT2D eigenvalue weighted by Gasteiger charge is -2.35. The molecule has 31 heavy (non-hydrogen) atoms. The minimum Gasteiger partial charge on any atom is -0.491 e. The van der Waals surface area contributed by atoms with Crippen LogP contribution in [0.25, 0.3) is 5.57 Å². The fourth-order valence-electron chi connectivity index (χ4n) is 5.38. The third-order valence-electron chi connectivity index (χ3n) is 6.99. The van der Waals surface area contributed by atoms with Gasteiger partial charge < -0.3 is 15.0 Å². The van der Waals surface area contributed by atoms with Gasteiger partial charge in [-0.3, -0.25) is 0 Å². The zero-order valence-corrected chi connectivity index (χ0v) is 18.3. The van der Waals surface area contributed by atoms with Crippen LogP contribution >= 0.6 is 0 Å². The first kappa shape index (κ1) is 19.0. The molecule has 6 rings (SSSR count). The van der Waals surface area contributed by atoms with Crippen LogP contribution in [0.15, 0.2) is 35.5 Å². The van der Waals surface area contributed by atoms with E-state index in [2.05, 4.69) is 48.3 Å². The Bertz CT molecular complexity index is 1150. The maximum Gasteiger partial charge on any atom is 0.336 e. The van der Waals surface area contributed by atoms with E-state index in [1.807, 2.05) is 4.57 Å². The van der Waals surface area contributed by atoms with Crippen molar-refractivity contribution < 1.29 is 13.7 Å². The molecule has 5 nitrogen and oxygen atoms in total. The van der Waals surface area contributed by atoms with E-state index in [9.17, 15) is 0 Å². The van der Waals surface area contributed by atoms with Crippen molar-refractivity contribution in [2.24, 2.45) is 10.9 Å². The van der Waals surface area contributed by atoms with Crippen LogP contribution in [0.2, 0.25) is 0 Å². The Hall–Kier alpha value is -2.73. The molecule has 1 N–H and O–H groups in total. The van der Waals surface area contributed by atoms with Gasteiger partial charge in [0.15, 0.2) is 22.9 Å². The van der Waals surface area contributed by atoms with Crippen LogP contribution in [0.5, 0.6) is 5.75 Å². The highest BCUT2D eigenvalue weighted by molar-refractivity contribution is 6.24. The predicted octanol–water partition coefficient (Wildman–Crippen LogP) is 3.71. The first-order valence-electron chi connectivity index (χ1n) is 11.3. The number of aromatic nitrogens is 1. The SMILES string of the molecule is COc1c(N2CCNC(C)C2)c(F)c[n+]2c1C(C1CC1)C=C1C2=Nc2ccc(C)cc21. The Morgan fingerprint density at radius 1 is 1.29 bits per heavy atom. The lowest BCUT2D eigenvalue weighted by molar-refractivity contribution is -0.566. The summed E-state index contributed by atoms with van der Waals surface area (Å²) >= 11 is 0. The molecule has 1 aromatic carbocycles. The van der Waals surface area contributed by atoms with Gasteiger partial charge in [-0.05, 0) is 49.7 Å². The summed E-state index contributed by atoms with van der Waals surface area (Å²) in [5.41, 5.74) is 6.08. The van der Waals surface area contributed by atoms with Gasteiger partial charge in [-0.15, -0.1) is 0 Å². The molecular formula is C25H28FN4O+. The number of allylic oxidation sites excluding steroid dienone is 2. The third kappa shape index (κ3) is 2.92. The molecule has 0 amide bonds. The molecule has 1 saturated carbocycles. The Morgan fingerprint density at radius 3 is 2.87 bits per heavy atom. The van der Waals surface area contributed by atoms with Gasteiger partial charge in [0.2, 0.25) is 0 Å². The number of piperazine rings is 1. The number of rotatable bonds is 3. The monoisotopic (exact) mass is 419 g/mol. The molecule has 3 aliphatic heterocycles. The highest BCUT2D eigenvalue weighted by atomic mass is 19.1. The molecule has 0 spiro atoms. The van der Waals surface area contributed by atoms with Gasteiger partial charge in [-0.2, -0.15) is 4.57 Å². The summed E-state index contributed by atoms with van der Waals surface area (Å²) in [6.45, 7) is 6.60. The largest absolute Gasteiger partial charge is 0.491 e. The molecule has 160 valence electrons. The van der Waals surface area contributed by atoms with Gasteiger partial charge in [0, 0.05) is 37.2 Å². The fraction of sp³-hybridized carbons (Fsp3) is 0.440. The van der Waals surface area contributed by atoms with Gasteiger partial charge in [0.05, 0.1) is 12.7 Å². The molecule has 4 aliphatic rings. The van der Waals surface area contributed by atoms with Crippen molar-refractivity contribution in [3.05, 3.63) is 53.1 Å². The first-order chi connectivity index (χ1) is 15.0. The van der Waals surface area contributed by atoms with Crippen LogP contribution in [0.1, 0.15) is 42.5 Å². The molecule has 0 radical (unpaired) electrons. The van der Waals surface area contributed by atoms with Crippen molar-refractivity contribution in [3.8, 4) is 5.75 Å². The number of nitrogens with zero attached hydrogens (tertiary/aromatic N) is 3. The number of aliphatic imine (C=N–C) groups is 1. The fourth-order valence-corrected chi connectivity index (χ4v) is 5.38. The second-order valence-corrected chi connectivity index (χ2v) is 9.31. The van der Waals surface area contributed by atoms with Crippen LogP contribution in [-0.4, -0.2) is 38.6 Å². The molecule has 2 atom stereocenters. The van der Waals surface area contributed by atoms with Crippen LogP contribution < -0.4 is 19.5 Å². The number of nitrogens with one attached hydrogen (secondary N) is 1. The number of hydrogen-bond donors (Lipinski definition) is 1. The highest BCUT2D eigenvalue weighted by Crippen LogP contribution is 2.51. The molecule has 6 heteroatoms. The van der Waals surface area contributed by atoms with Crippen molar-refractivity contribution >= 4 is 22.8 Å². The molecule has 4 heterocycles. The molecular weight excluding hydrogens is 391 g/mol. The van der Waals surface area contributed by atoms with Gasteiger partial charge in [0.25, 0.3) is 0 Å². The van der Waals surface area contributed by atoms with E-state index in [-0.39, 0.29) is 11.7 Å². The van der Waals surface area contributed by atoms with Crippen LogP contribution in [0.3, 0.4) is 0 Å². The molecule has 0 bridgehead atoms. The summed E-state index contributed by atoms with van der Waals surface area (Å²) in [6.07, 6.45) is 6.39. The molecule has 1 saturated heterocycles. The van der Waals surface area contributed by atoms with E-state index in [0.717, 1.165) is 48.0 Å². The summed E-state index contributed by atoms with van der Waals surface area (Å²) in [6, 6.07) is 6.65. The summed E-state index contributed by atoms with van der Waals surface area (Å²) in [7, 11) is 1.67. The van der Waals surface area contributed by atoms with E-state index >= 15 is 4.39 Å². The van der Waals surface area contributed by atoms with Gasteiger partial charge in [0.1, 0.15) is 11.9 Å². The Labute approximate surface area is 182 Å². The van der Waals surface area contributed by atoms with E-state index in [0.29, 0.717) is 23.4 Å². The summed E-state index contributed by atoms with van der Waals surface area (Å²) < 4.78 is 23.6. The number of fused-ring (bicyclic) bond motifs is 5. The second kappa shape index (κ2) is 6.89. The standard InChI is InChI=1S/C25H28FN4O/c1-14-4-7-21-18(10-14)19-11-17(16-5-6-16)22-24(31-3)23(29-9-8-27-15(2)12-29)20(26)13-30(22)25(19)28-21/h4,7,10-11,13,15-17,27H,5-6,8-9,12H2,1-3H3/q+1. The number of pyridine rings is 1. The van der Waals surface area contributed by atoms with Crippen LogP contribution in [0.4, 0.5) is 15.8 Å². The zero-order chi connectivity index (χ0) is 21.3. The highest BCUT2D eigenvalue weighted by Gasteiger charge is 2.47. The minimum atomic E-state index is -0.250. The lowest BCUT2D eigenvalue weighted by atomic mass is 9.88. The van der Waals surface area contributed by atoms with Gasteiger partial charge in [-0.1, -0.05) is 17.7 Å². The average Bonchev–Trinajstić information content (AvgIpc) is 3.53. The number of aryl methyl sites for hydroxylation is 1. The van der Waals surface area contributed by atoms with Crippen molar-refractivity contribution in [2.45, 2.75) is 38.6 Å². The number of hydrogen-bond acceptors (Lipinski definition) is 4. The van der Waals surface area contributed by atoms with Crippen molar-refractivity contribution in [2.75, 3.05) is 31.6 Å². The Kier molecular flexibility index (Phi) is 4.22. The summed E-state index contributed by atoms with van der Waals surface area (Å²) in [5.74, 6) is 2.00. The summed E-state index contributed by atoms with van der Waals surface area (Å²) in [4.78, 5) is 7.04. The van der Waals surface area contributed by atoms with E-state index < -0.39 is 0 Å². The van der Waals surface area contributed by atoms with Crippen LogP contribution in [0, 0.1) is 18.7 Å². The van der Waals surface area contributed by atoms with E-state index in [1.165, 1.54) is 18.4 Å². The quantitative estimate of drug-likeness (QED) is 0.771. The number of anilines is 1. The molecule has 1 aromatic heterocycles. The predicted molar refractivity (Wildman–Crippen MR) is 120 cm³/mol. The number of ether oxygens (including phenoxy) is 1. The van der Waals surface area contributed by atoms with Crippen molar-refractivity contribution in [1.29, 1.82) is 0 Å². The molecule has 2 fully saturated rings. The summed E-state index contributed by atoms with van der Waals surface area (Å²) in [5, 5.41) is 3.44. The van der Waals surface area contributed by atoms with Crippen LogP contribution in [-0.2, 0) is 0 Å². The van der Waals surface area contributed by atoms with Crippen molar-refractivity contribution in [1.82, 2.24) is 5.32 Å². The maximum absolute atomic E-state index is 15.7. The second-order valence-electron chi connectivity index (χ2n) is 9.31. The number of benzene rings is 1. The normalized spacial score (nSPS) is 24.2. The maximum atomic E-state index is 15.7. The molecule has 2 unspecified atom stereocenters. The van der Waals surface area contributed by atoms with Gasteiger partial charge >= 0.3 is 5.84 Å². The molecule has 1 aliphatic carbocycles. The minimum absolute atomic E-state index is 0.204. The van der Waals surface area contributed by atoms with Crippen molar-refractivity contribution in [3.63, 3.8) is 0 Å².